The van der Waals surface area contributed by atoms with Crippen LogP contribution in [0.2, 0.25) is 0 Å². The lowest BCUT2D eigenvalue weighted by Crippen LogP contribution is -2.41. The summed E-state index contributed by atoms with van der Waals surface area (Å²) in [6.07, 6.45) is 1.61. The normalized spacial score (nSPS) is 18.8. The van der Waals surface area contributed by atoms with Gasteiger partial charge < -0.3 is 15.0 Å². The van der Waals surface area contributed by atoms with Crippen molar-refractivity contribution in [1.29, 1.82) is 0 Å². The molecule has 1 aliphatic rings. The molecule has 1 aliphatic heterocycles. The Morgan fingerprint density at radius 3 is 2.31 bits per heavy atom. The molecule has 0 bridgehead atoms. The second-order valence-corrected chi connectivity index (χ2v) is 8.34. The number of hydrogen-bond donors (Lipinski definition) is 1. The minimum atomic E-state index is -0.712. The molecular weight excluding hydrogens is 356 g/mol. The molecule has 1 saturated heterocycles. The first kappa shape index (κ1) is 20.7. The van der Waals surface area contributed by atoms with Gasteiger partial charge in [0.25, 0.3) is 0 Å². The molecule has 0 spiro atoms. The summed E-state index contributed by atoms with van der Waals surface area (Å²) >= 11 is 1.09. The van der Waals surface area contributed by atoms with E-state index in [-0.39, 0.29) is 10.7 Å². The highest BCUT2D eigenvalue weighted by Gasteiger charge is 2.52. The molecule has 1 amide bonds. The molecule has 1 aromatic rings. The summed E-state index contributed by atoms with van der Waals surface area (Å²) in [6.45, 7) is 9.13. The van der Waals surface area contributed by atoms with E-state index in [1.807, 2.05) is 27.7 Å². The lowest BCUT2D eigenvalue weighted by molar-refractivity contribution is -0.109. The number of carbonyl (C=O) groups is 2. The van der Waals surface area contributed by atoms with Crippen molar-refractivity contribution in [2.24, 2.45) is 5.73 Å². The van der Waals surface area contributed by atoms with Gasteiger partial charge in [-0.15, -0.1) is 0 Å². The van der Waals surface area contributed by atoms with Crippen molar-refractivity contribution >= 4 is 36.0 Å². The van der Waals surface area contributed by atoms with Crippen molar-refractivity contribution in [3.05, 3.63) is 40.6 Å². The first-order valence-corrected chi connectivity index (χ1v) is 9.20. The number of rotatable bonds is 5. The van der Waals surface area contributed by atoms with Crippen molar-refractivity contribution in [3.63, 3.8) is 0 Å². The molecule has 1 heterocycles. The highest BCUT2D eigenvalue weighted by atomic mass is 32.2. The molecular formula is C18H23BFNO4S. The third-order valence-electron chi connectivity index (χ3n) is 4.62. The second kappa shape index (κ2) is 7.54. The van der Waals surface area contributed by atoms with Crippen LogP contribution in [0.25, 0.3) is 6.08 Å². The minimum Gasteiger partial charge on any atom is -0.400 e. The van der Waals surface area contributed by atoms with E-state index in [2.05, 4.69) is 0 Å². The van der Waals surface area contributed by atoms with Gasteiger partial charge in [-0.3, -0.25) is 9.59 Å². The van der Waals surface area contributed by atoms with Crippen molar-refractivity contribution in [3.8, 4) is 0 Å². The number of amides is 1. The van der Waals surface area contributed by atoms with E-state index in [9.17, 15) is 14.0 Å². The van der Waals surface area contributed by atoms with E-state index in [1.54, 1.807) is 6.08 Å². The van der Waals surface area contributed by atoms with E-state index in [4.69, 9.17) is 15.0 Å². The third-order valence-corrected chi connectivity index (χ3v) is 5.50. The standard InChI is InChI=1S/C18H23BFNO4S/c1-11(22)26-10-13(19-24-17(2,3)18(4,5)25-19)8-12-9-14(20)6-7-15(12)16(21)23/h6-9H,10H2,1-5H3,(H2,21,23). The fourth-order valence-electron chi connectivity index (χ4n) is 2.43. The average Bonchev–Trinajstić information content (AvgIpc) is 2.71. The van der Waals surface area contributed by atoms with Gasteiger partial charge in [-0.1, -0.05) is 17.8 Å². The molecule has 2 rings (SSSR count). The molecule has 8 heteroatoms. The van der Waals surface area contributed by atoms with Crippen LogP contribution in [0.1, 0.15) is 50.5 Å². The molecule has 26 heavy (non-hydrogen) atoms. The summed E-state index contributed by atoms with van der Waals surface area (Å²) in [7, 11) is -0.712. The monoisotopic (exact) mass is 379 g/mol. The van der Waals surface area contributed by atoms with Gasteiger partial charge in [-0.2, -0.15) is 0 Å². The van der Waals surface area contributed by atoms with Crippen LogP contribution >= 0.6 is 11.8 Å². The van der Waals surface area contributed by atoms with E-state index in [1.165, 1.54) is 25.1 Å². The number of thioether (sulfide) groups is 1. The summed E-state index contributed by atoms with van der Waals surface area (Å²) in [5, 5.41) is -0.0678. The Kier molecular flexibility index (Phi) is 6.00. The summed E-state index contributed by atoms with van der Waals surface area (Å²) in [5.74, 6) is -0.863. The number of benzene rings is 1. The molecule has 0 unspecified atom stereocenters. The minimum absolute atomic E-state index is 0.0678. The van der Waals surface area contributed by atoms with Crippen molar-refractivity contribution in [1.82, 2.24) is 0 Å². The van der Waals surface area contributed by atoms with Crippen LogP contribution in [0.5, 0.6) is 0 Å². The van der Waals surface area contributed by atoms with Crippen molar-refractivity contribution < 1.29 is 23.3 Å². The number of halogens is 1. The number of nitrogens with two attached hydrogens (primary N) is 1. The molecule has 1 aromatic carbocycles. The topological polar surface area (TPSA) is 78.6 Å². The SMILES string of the molecule is CC(=O)SCC(=Cc1cc(F)ccc1C(N)=O)B1OC(C)(C)C(C)(C)O1. The fourth-order valence-corrected chi connectivity index (χ4v) is 3.02. The van der Waals surface area contributed by atoms with Crippen LogP contribution in [0.15, 0.2) is 23.7 Å². The highest BCUT2D eigenvalue weighted by Crippen LogP contribution is 2.39. The summed E-state index contributed by atoms with van der Waals surface area (Å²) in [5.41, 5.74) is 5.40. The predicted octanol–water partition coefficient (Wildman–Crippen LogP) is 3.22. The van der Waals surface area contributed by atoms with Gasteiger partial charge in [0.1, 0.15) is 5.82 Å². The highest BCUT2D eigenvalue weighted by molar-refractivity contribution is 8.13. The number of carbonyl (C=O) groups excluding carboxylic acids is 2. The van der Waals surface area contributed by atoms with Crippen molar-refractivity contribution in [2.75, 3.05) is 5.75 Å². The zero-order valence-electron chi connectivity index (χ0n) is 15.6. The summed E-state index contributed by atoms with van der Waals surface area (Å²) in [4.78, 5) is 23.1. The summed E-state index contributed by atoms with van der Waals surface area (Å²) in [6, 6.07) is 3.74. The average molecular weight is 379 g/mol. The maximum atomic E-state index is 13.7. The fraction of sp³-hybridized carbons (Fsp3) is 0.444. The van der Waals surface area contributed by atoms with E-state index < -0.39 is 30.0 Å². The Hall–Kier alpha value is -1.64. The Labute approximate surface area is 157 Å². The quantitative estimate of drug-likeness (QED) is 0.795. The largest absolute Gasteiger partial charge is 0.491 e. The first-order valence-electron chi connectivity index (χ1n) is 8.22. The van der Waals surface area contributed by atoms with Crippen molar-refractivity contribution in [2.45, 2.75) is 45.8 Å². The Bertz CT molecular complexity index is 748. The van der Waals surface area contributed by atoms with Gasteiger partial charge >= 0.3 is 7.12 Å². The van der Waals surface area contributed by atoms with Crippen LogP contribution < -0.4 is 5.73 Å². The number of primary amides is 1. The maximum absolute atomic E-state index is 13.7. The number of hydrogen-bond acceptors (Lipinski definition) is 5. The zero-order valence-corrected chi connectivity index (χ0v) is 16.4. The Morgan fingerprint density at radius 1 is 1.23 bits per heavy atom. The maximum Gasteiger partial charge on any atom is 0.491 e. The predicted molar refractivity (Wildman–Crippen MR) is 102 cm³/mol. The lowest BCUT2D eigenvalue weighted by Gasteiger charge is -2.32. The van der Waals surface area contributed by atoms with Gasteiger partial charge in [0.2, 0.25) is 5.91 Å². The molecule has 140 valence electrons. The van der Waals surface area contributed by atoms with Gasteiger partial charge in [-0.25, -0.2) is 4.39 Å². The van der Waals surface area contributed by atoms with Crippen LogP contribution in [-0.2, 0) is 14.1 Å². The second-order valence-electron chi connectivity index (χ2n) is 7.18. The molecule has 0 aliphatic carbocycles. The van der Waals surface area contributed by atoms with Gasteiger partial charge in [-0.05, 0) is 56.9 Å². The first-order chi connectivity index (χ1) is 11.9. The van der Waals surface area contributed by atoms with E-state index in [0.29, 0.717) is 16.8 Å². The van der Waals surface area contributed by atoms with Gasteiger partial charge in [0.05, 0.1) is 11.2 Å². The molecule has 2 N–H and O–H groups in total. The molecule has 0 atom stereocenters. The zero-order chi connectivity index (χ0) is 19.7. The molecule has 5 nitrogen and oxygen atoms in total. The lowest BCUT2D eigenvalue weighted by atomic mass is 9.78. The van der Waals surface area contributed by atoms with E-state index in [0.717, 1.165) is 11.8 Å². The molecule has 0 radical (unpaired) electrons. The Balaban J connectivity index is 2.46. The molecule has 0 saturated carbocycles. The van der Waals surface area contributed by atoms with Crippen LogP contribution in [0, 0.1) is 5.82 Å². The molecule has 0 aromatic heterocycles. The van der Waals surface area contributed by atoms with Crippen LogP contribution in [0.3, 0.4) is 0 Å². The third kappa shape index (κ3) is 4.55. The van der Waals surface area contributed by atoms with E-state index >= 15 is 0 Å². The van der Waals surface area contributed by atoms with Crippen LogP contribution in [0.4, 0.5) is 4.39 Å². The molecule has 1 fully saturated rings. The van der Waals surface area contributed by atoms with Gasteiger partial charge in [0, 0.05) is 18.2 Å². The smallest absolute Gasteiger partial charge is 0.400 e. The summed E-state index contributed by atoms with van der Waals surface area (Å²) < 4.78 is 25.8. The van der Waals surface area contributed by atoms with Gasteiger partial charge in [0.15, 0.2) is 5.12 Å². The van der Waals surface area contributed by atoms with Crippen LogP contribution in [-0.4, -0.2) is 35.1 Å². The Morgan fingerprint density at radius 2 is 1.81 bits per heavy atom.